The zero-order chi connectivity index (χ0) is 13.1. The molecule has 0 aromatic heterocycles. The molecule has 1 aliphatic carbocycles. The van der Waals surface area contributed by atoms with E-state index in [1.165, 1.54) is 7.11 Å². The Hall–Kier alpha value is -0.610. The Bertz CT molecular complexity index is 259. The lowest BCUT2D eigenvalue weighted by Crippen LogP contribution is -2.47. The molecule has 0 heterocycles. The number of carbonyl (C=O) groups excluding carboxylic acids is 1. The maximum atomic E-state index is 12.2. The van der Waals surface area contributed by atoms with Crippen molar-refractivity contribution in [3.63, 3.8) is 0 Å². The van der Waals surface area contributed by atoms with E-state index in [-0.39, 0.29) is 24.3 Å². The predicted octanol–water partition coefficient (Wildman–Crippen LogP) is 2.10. The summed E-state index contributed by atoms with van der Waals surface area (Å²) in [5.74, 6) is -0.196. The van der Waals surface area contributed by atoms with Gasteiger partial charge in [-0.05, 0) is 31.1 Å². The molecule has 0 atom stereocenters. The maximum Gasteiger partial charge on any atom is 0.314 e. The molecular weight excluding hydrogens is 220 g/mol. The van der Waals surface area contributed by atoms with E-state index in [1.807, 2.05) is 0 Å². The molecule has 1 saturated carbocycles. The second kappa shape index (κ2) is 5.36. The van der Waals surface area contributed by atoms with Crippen molar-refractivity contribution in [3.8, 4) is 0 Å². The molecule has 1 N–H and O–H groups in total. The molecule has 0 aromatic carbocycles. The second-order valence-corrected chi connectivity index (χ2v) is 5.90. The average Bonchev–Trinajstić information content (AvgIpc) is 2.25. The molecule has 4 nitrogen and oxygen atoms in total. The Labute approximate surface area is 103 Å². The number of hydrogen-bond donors (Lipinski definition) is 1. The molecule has 0 aromatic rings. The lowest BCUT2D eigenvalue weighted by molar-refractivity contribution is -0.179. The highest BCUT2D eigenvalue weighted by atomic mass is 16.7. The van der Waals surface area contributed by atoms with Gasteiger partial charge in [-0.25, -0.2) is 0 Å². The fraction of sp³-hybridized carbons (Fsp3) is 0.923. The maximum absolute atomic E-state index is 12.2. The molecule has 1 fully saturated rings. The zero-order valence-corrected chi connectivity index (χ0v) is 11.3. The van der Waals surface area contributed by atoms with E-state index in [0.29, 0.717) is 25.7 Å². The van der Waals surface area contributed by atoms with Crippen LogP contribution in [-0.4, -0.2) is 31.1 Å². The Morgan fingerprint density at radius 2 is 1.88 bits per heavy atom. The molecule has 0 spiro atoms. The van der Waals surface area contributed by atoms with Crippen LogP contribution in [-0.2, 0) is 14.3 Å². The van der Waals surface area contributed by atoms with Crippen LogP contribution in [0.3, 0.4) is 0 Å². The number of carbonyl (C=O) groups is 1. The van der Waals surface area contributed by atoms with Gasteiger partial charge >= 0.3 is 5.97 Å². The molecule has 0 amide bonds. The highest BCUT2D eigenvalue weighted by Gasteiger charge is 2.51. The quantitative estimate of drug-likeness (QED) is 0.610. The summed E-state index contributed by atoms with van der Waals surface area (Å²) in [7, 11) is 1.50. The topological polar surface area (TPSA) is 55.8 Å². The number of ether oxygens (including phenoxy) is 2. The molecule has 0 unspecified atom stereocenters. The molecular formula is C13H24O4. The Kier molecular flexibility index (Phi) is 4.55. The van der Waals surface area contributed by atoms with Crippen LogP contribution in [0.4, 0.5) is 0 Å². The molecule has 4 heteroatoms. The standard InChI is InChI=1S/C13H24O4/c1-12(2,3)13(11(15)17-9-16-4)7-5-10(14)6-8-13/h10,14H,5-9H2,1-4H3. The summed E-state index contributed by atoms with van der Waals surface area (Å²) in [5, 5.41) is 9.59. The summed E-state index contributed by atoms with van der Waals surface area (Å²) in [6.45, 7) is 6.16. The molecule has 1 aliphatic rings. The molecule has 0 bridgehead atoms. The summed E-state index contributed by atoms with van der Waals surface area (Å²) < 4.78 is 9.94. The van der Waals surface area contributed by atoms with Gasteiger partial charge in [-0.3, -0.25) is 4.79 Å². The third-order valence-electron chi connectivity index (χ3n) is 3.94. The normalized spacial score (nSPS) is 30.1. The van der Waals surface area contributed by atoms with E-state index in [1.54, 1.807) is 0 Å². The van der Waals surface area contributed by atoms with E-state index in [2.05, 4.69) is 20.8 Å². The van der Waals surface area contributed by atoms with E-state index >= 15 is 0 Å². The Morgan fingerprint density at radius 1 is 1.35 bits per heavy atom. The minimum atomic E-state index is -0.495. The van der Waals surface area contributed by atoms with Crippen molar-refractivity contribution in [3.05, 3.63) is 0 Å². The minimum Gasteiger partial charge on any atom is -0.438 e. The molecule has 0 saturated heterocycles. The van der Waals surface area contributed by atoms with Crippen LogP contribution in [0.2, 0.25) is 0 Å². The summed E-state index contributed by atoms with van der Waals surface area (Å²) >= 11 is 0. The van der Waals surface area contributed by atoms with Gasteiger partial charge in [0.1, 0.15) is 0 Å². The summed E-state index contributed by atoms with van der Waals surface area (Å²) in [5.41, 5.74) is -0.664. The van der Waals surface area contributed by atoms with Crippen molar-refractivity contribution < 1.29 is 19.4 Å². The first-order valence-electron chi connectivity index (χ1n) is 6.18. The molecule has 0 aliphatic heterocycles. The zero-order valence-electron chi connectivity index (χ0n) is 11.3. The molecule has 17 heavy (non-hydrogen) atoms. The summed E-state index contributed by atoms with van der Waals surface area (Å²) in [6, 6.07) is 0. The van der Waals surface area contributed by atoms with Gasteiger partial charge in [0.25, 0.3) is 0 Å². The average molecular weight is 244 g/mol. The number of rotatable bonds is 3. The largest absolute Gasteiger partial charge is 0.438 e. The van der Waals surface area contributed by atoms with Crippen molar-refractivity contribution in [2.24, 2.45) is 10.8 Å². The Balaban J connectivity index is 2.84. The number of hydrogen-bond acceptors (Lipinski definition) is 4. The van der Waals surface area contributed by atoms with Gasteiger partial charge in [0.05, 0.1) is 11.5 Å². The molecule has 0 radical (unpaired) electrons. The molecule has 1 rings (SSSR count). The van der Waals surface area contributed by atoms with Crippen molar-refractivity contribution in [2.75, 3.05) is 13.9 Å². The number of aliphatic hydroxyl groups is 1. The van der Waals surface area contributed by atoms with Crippen LogP contribution in [0.1, 0.15) is 46.5 Å². The fourth-order valence-corrected chi connectivity index (χ4v) is 2.61. The van der Waals surface area contributed by atoms with Gasteiger partial charge in [-0.1, -0.05) is 20.8 Å². The monoisotopic (exact) mass is 244 g/mol. The highest BCUT2D eigenvalue weighted by molar-refractivity contribution is 5.78. The van der Waals surface area contributed by atoms with Crippen LogP contribution < -0.4 is 0 Å². The van der Waals surface area contributed by atoms with Gasteiger partial charge in [-0.15, -0.1) is 0 Å². The summed E-state index contributed by atoms with van der Waals surface area (Å²) in [6.07, 6.45) is 2.42. The van der Waals surface area contributed by atoms with Crippen molar-refractivity contribution in [1.82, 2.24) is 0 Å². The fourth-order valence-electron chi connectivity index (χ4n) is 2.61. The highest BCUT2D eigenvalue weighted by Crippen LogP contribution is 2.50. The lowest BCUT2D eigenvalue weighted by atomic mass is 9.59. The number of methoxy groups -OCH3 is 1. The van der Waals surface area contributed by atoms with Crippen LogP contribution in [0.5, 0.6) is 0 Å². The van der Waals surface area contributed by atoms with Crippen molar-refractivity contribution in [2.45, 2.75) is 52.6 Å². The first-order valence-corrected chi connectivity index (χ1v) is 6.18. The van der Waals surface area contributed by atoms with Crippen LogP contribution >= 0.6 is 0 Å². The van der Waals surface area contributed by atoms with Crippen LogP contribution in [0.15, 0.2) is 0 Å². The second-order valence-electron chi connectivity index (χ2n) is 5.90. The third kappa shape index (κ3) is 2.99. The van der Waals surface area contributed by atoms with Crippen molar-refractivity contribution >= 4 is 5.97 Å². The molecule has 100 valence electrons. The van der Waals surface area contributed by atoms with Gasteiger partial charge in [-0.2, -0.15) is 0 Å². The first kappa shape index (κ1) is 14.5. The van der Waals surface area contributed by atoms with Crippen LogP contribution in [0, 0.1) is 10.8 Å². The first-order chi connectivity index (χ1) is 7.83. The van der Waals surface area contributed by atoms with E-state index in [9.17, 15) is 9.90 Å². The van der Waals surface area contributed by atoms with Crippen molar-refractivity contribution in [1.29, 1.82) is 0 Å². The number of esters is 1. The van der Waals surface area contributed by atoms with Gasteiger partial charge < -0.3 is 14.6 Å². The minimum absolute atomic E-state index is 0.000777. The third-order valence-corrected chi connectivity index (χ3v) is 3.94. The van der Waals surface area contributed by atoms with Crippen LogP contribution in [0.25, 0.3) is 0 Å². The predicted molar refractivity (Wildman–Crippen MR) is 64.3 cm³/mol. The van der Waals surface area contributed by atoms with E-state index in [4.69, 9.17) is 9.47 Å². The SMILES string of the molecule is COCOC(=O)C1(C(C)(C)C)CCC(O)CC1. The number of aliphatic hydroxyl groups excluding tert-OH is 1. The van der Waals surface area contributed by atoms with Gasteiger partial charge in [0, 0.05) is 7.11 Å². The Morgan fingerprint density at radius 3 is 2.29 bits per heavy atom. The lowest BCUT2D eigenvalue weighted by Gasteiger charge is -2.46. The smallest absolute Gasteiger partial charge is 0.314 e. The van der Waals surface area contributed by atoms with E-state index in [0.717, 1.165) is 0 Å². The van der Waals surface area contributed by atoms with Gasteiger partial charge in [0.2, 0.25) is 0 Å². The van der Waals surface area contributed by atoms with Gasteiger partial charge in [0.15, 0.2) is 6.79 Å². The summed E-state index contributed by atoms with van der Waals surface area (Å²) in [4.78, 5) is 12.2. The van der Waals surface area contributed by atoms with E-state index < -0.39 is 5.41 Å².